The maximum atomic E-state index is 14.2. The van der Waals surface area contributed by atoms with Gasteiger partial charge in [0.1, 0.15) is 16.6 Å². The van der Waals surface area contributed by atoms with E-state index in [2.05, 4.69) is 26.7 Å². The van der Waals surface area contributed by atoms with Crippen LogP contribution in [0.5, 0.6) is 0 Å². The maximum absolute atomic E-state index is 14.2. The molecule has 2 aromatic rings. The molecule has 3 rings (SSSR count). The molecule has 28 heavy (non-hydrogen) atoms. The van der Waals surface area contributed by atoms with E-state index in [1.165, 1.54) is 6.07 Å². The van der Waals surface area contributed by atoms with Gasteiger partial charge in [-0.05, 0) is 61.7 Å². The van der Waals surface area contributed by atoms with Gasteiger partial charge >= 0.3 is 0 Å². The maximum Gasteiger partial charge on any atom is 0.262 e. The van der Waals surface area contributed by atoms with E-state index in [-0.39, 0.29) is 22.0 Å². The Labute approximate surface area is 173 Å². The Bertz CT molecular complexity index is 916. The Hall–Kier alpha value is -1.21. The molecule has 1 aromatic carbocycles. The molecule has 0 aliphatic heterocycles. The Balaban J connectivity index is 2.08. The van der Waals surface area contributed by atoms with Crippen LogP contribution in [0.2, 0.25) is 0 Å². The minimum absolute atomic E-state index is 0.00954. The molecule has 0 amide bonds. The molecule has 0 spiro atoms. The van der Waals surface area contributed by atoms with Crippen LogP contribution in [0.25, 0.3) is 10.9 Å². The third kappa shape index (κ3) is 4.06. The minimum atomic E-state index is -2.83. The summed E-state index contributed by atoms with van der Waals surface area (Å²) in [5.41, 5.74) is 0.813. The molecule has 4 nitrogen and oxygen atoms in total. The van der Waals surface area contributed by atoms with Crippen molar-refractivity contribution < 1.29 is 17.7 Å². The van der Waals surface area contributed by atoms with E-state index in [0.717, 1.165) is 0 Å². The number of hydrogen-bond donors (Lipinski definition) is 1. The number of nitriles is 1. The fourth-order valence-electron chi connectivity index (χ4n) is 3.28. The van der Waals surface area contributed by atoms with Gasteiger partial charge in [-0.15, -0.1) is 4.72 Å². The van der Waals surface area contributed by atoms with E-state index >= 15 is 0 Å². The van der Waals surface area contributed by atoms with Gasteiger partial charge in [0, 0.05) is 40.1 Å². The SMILES string of the molecule is CC(C)(C)[S@+]([O-])N[C@@H](c1cn(C2CC(C#N)C2)c2cc(Br)c(F)cc12)C(F)F. The van der Waals surface area contributed by atoms with Gasteiger partial charge in [0.2, 0.25) is 0 Å². The zero-order valence-electron chi connectivity index (χ0n) is 15.7. The van der Waals surface area contributed by atoms with Crippen molar-refractivity contribution in [3.05, 3.63) is 34.2 Å². The Morgan fingerprint density at radius 1 is 1.36 bits per heavy atom. The highest BCUT2D eigenvalue weighted by Gasteiger charge is 2.37. The van der Waals surface area contributed by atoms with Gasteiger partial charge in [0.15, 0.2) is 0 Å². The van der Waals surface area contributed by atoms with Crippen LogP contribution in [0.3, 0.4) is 0 Å². The van der Waals surface area contributed by atoms with E-state index < -0.39 is 34.4 Å². The van der Waals surface area contributed by atoms with Gasteiger partial charge in [0.25, 0.3) is 6.43 Å². The first-order valence-corrected chi connectivity index (χ1v) is 10.8. The van der Waals surface area contributed by atoms with Crippen molar-refractivity contribution in [3.8, 4) is 6.07 Å². The Kier molecular flexibility index (Phi) is 6.07. The van der Waals surface area contributed by atoms with Gasteiger partial charge in [0.05, 0.1) is 16.5 Å². The normalized spacial score (nSPS) is 22.1. The second-order valence-electron chi connectivity index (χ2n) is 8.04. The van der Waals surface area contributed by atoms with Crippen LogP contribution >= 0.6 is 15.9 Å². The molecule has 0 bridgehead atoms. The van der Waals surface area contributed by atoms with Gasteiger partial charge in [-0.25, -0.2) is 13.2 Å². The second-order valence-corrected chi connectivity index (χ2v) is 10.9. The third-order valence-electron chi connectivity index (χ3n) is 4.97. The summed E-state index contributed by atoms with van der Waals surface area (Å²) in [6.07, 6.45) is -0.00569. The summed E-state index contributed by atoms with van der Waals surface area (Å²) in [6, 6.07) is 3.48. The number of halogens is 4. The van der Waals surface area contributed by atoms with Crippen LogP contribution in [0.4, 0.5) is 13.2 Å². The molecule has 1 aliphatic carbocycles. The van der Waals surface area contributed by atoms with Crippen molar-refractivity contribution in [2.24, 2.45) is 5.92 Å². The molecular weight excluding hydrogens is 455 g/mol. The Morgan fingerprint density at radius 3 is 2.54 bits per heavy atom. The number of nitrogens with one attached hydrogen (secondary N) is 1. The molecule has 1 fully saturated rings. The molecule has 0 radical (unpaired) electrons. The zero-order chi connectivity index (χ0) is 20.8. The van der Waals surface area contributed by atoms with Crippen LogP contribution in [-0.2, 0) is 11.4 Å². The third-order valence-corrected chi connectivity index (χ3v) is 7.16. The smallest absolute Gasteiger partial charge is 0.262 e. The van der Waals surface area contributed by atoms with Gasteiger partial charge in [-0.1, -0.05) is 0 Å². The first-order chi connectivity index (χ1) is 13.0. The number of fused-ring (bicyclic) bond motifs is 1. The van der Waals surface area contributed by atoms with Crippen LogP contribution < -0.4 is 4.72 Å². The molecule has 1 saturated carbocycles. The molecule has 9 heteroatoms. The first kappa shape index (κ1) is 21.5. The summed E-state index contributed by atoms with van der Waals surface area (Å²) in [7, 11) is 0. The molecule has 0 saturated heterocycles. The van der Waals surface area contributed by atoms with Crippen LogP contribution in [-0.4, -0.2) is 20.3 Å². The average Bonchev–Trinajstić information content (AvgIpc) is 2.89. The predicted molar refractivity (Wildman–Crippen MR) is 107 cm³/mol. The van der Waals surface area contributed by atoms with Gasteiger partial charge < -0.3 is 9.12 Å². The van der Waals surface area contributed by atoms with Crippen molar-refractivity contribution in [1.29, 1.82) is 5.26 Å². The van der Waals surface area contributed by atoms with E-state index in [1.807, 2.05) is 4.57 Å². The van der Waals surface area contributed by atoms with Crippen LogP contribution in [0.15, 0.2) is 22.8 Å². The molecule has 1 aromatic heterocycles. The highest BCUT2D eigenvalue weighted by atomic mass is 79.9. The first-order valence-electron chi connectivity index (χ1n) is 8.88. The van der Waals surface area contributed by atoms with Gasteiger partial charge in [-0.3, -0.25) is 0 Å². The topological polar surface area (TPSA) is 63.8 Å². The van der Waals surface area contributed by atoms with Gasteiger partial charge in [-0.2, -0.15) is 5.26 Å². The largest absolute Gasteiger partial charge is 0.598 e. The van der Waals surface area contributed by atoms with Crippen molar-refractivity contribution in [2.45, 2.75) is 56.9 Å². The lowest BCUT2D eigenvalue weighted by molar-refractivity contribution is 0.109. The fourth-order valence-corrected chi connectivity index (χ4v) is 4.43. The predicted octanol–water partition coefficient (Wildman–Crippen LogP) is 5.38. The summed E-state index contributed by atoms with van der Waals surface area (Å²) in [6.45, 7) is 5.07. The lowest BCUT2D eigenvalue weighted by Gasteiger charge is -2.32. The summed E-state index contributed by atoms with van der Waals surface area (Å²) < 4.78 is 58.3. The van der Waals surface area contributed by atoms with E-state index in [0.29, 0.717) is 23.7 Å². The lowest BCUT2D eigenvalue weighted by atomic mass is 9.81. The van der Waals surface area contributed by atoms with Crippen molar-refractivity contribution >= 4 is 38.2 Å². The van der Waals surface area contributed by atoms with Crippen molar-refractivity contribution in [3.63, 3.8) is 0 Å². The molecule has 1 N–H and O–H groups in total. The summed E-state index contributed by atoms with van der Waals surface area (Å²) >= 11 is 1.43. The Morgan fingerprint density at radius 2 is 2.00 bits per heavy atom. The molecule has 152 valence electrons. The van der Waals surface area contributed by atoms with Crippen molar-refractivity contribution in [2.75, 3.05) is 0 Å². The summed E-state index contributed by atoms with van der Waals surface area (Å²) in [5, 5.41) is 9.38. The number of aromatic nitrogens is 1. The zero-order valence-corrected chi connectivity index (χ0v) is 18.1. The number of benzene rings is 1. The molecule has 0 unspecified atom stereocenters. The lowest BCUT2D eigenvalue weighted by Crippen LogP contribution is -2.43. The highest BCUT2D eigenvalue weighted by Crippen LogP contribution is 2.42. The average molecular weight is 476 g/mol. The van der Waals surface area contributed by atoms with E-state index in [9.17, 15) is 17.7 Å². The van der Waals surface area contributed by atoms with Crippen molar-refractivity contribution in [1.82, 2.24) is 9.29 Å². The summed E-state index contributed by atoms with van der Waals surface area (Å²) in [5.74, 6) is -0.618. The number of rotatable bonds is 5. The molecular formula is C19H21BrF3N3OS. The second kappa shape index (κ2) is 7.90. The minimum Gasteiger partial charge on any atom is -0.598 e. The monoisotopic (exact) mass is 475 g/mol. The highest BCUT2D eigenvalue weighted by molar-refractivity contribution is 9.10. The fraction of sp³-hybridized carbons (Fsp3) is 0.526. The number of hydrogen-bond acceptors (Lipinski definition) is 3. The molecule has 2 atom stereocenters. The van der Waals surface area contributed by atoms with E-state index in [1.54, 1.807) is 33.0 Å². The standard InChI is InChI=1S/C19H21BrF3N3OS/c1-19(2,3)28(27)25-17(18(22)23)13-9-26(11-4-10(5-11)8-24)16-7-14(20)15(21)6-12(13)16/h6-7,9-11,17-18,25H,4-5H2,1-3H3/t10?,11?,17-,28-/m0/s1. The number of alkyl halides is 2. The molecule has 1 aliphatic rings. The molecule has 1 heterocycles. The quantitative estimate of drug-likeness (QED) is 0.590. The van der Waals surface area contributed by atoms with Crippen LogP contribution in [0.1, 0.15) is 51.3 Å². The summed E-state index contributed by atoms with van der Waals surface area (Å²) in [4.78, 5) is 0. The van der Waals surface area contributed by atoms with Crippen LogP contribution in [0, 0.1) is 23.1 Å². The van der Waals surface area contributed by atoms with E-state index in [4.69, 9.17) is 5.26 Å². The number of nitrogens with zero attached hydrogens (tertiary/aromatic N) is 2.